The molecule has 7 aliphatic heterocycles. The van der Waals surface area contributed by atoms with Gasteiger partial charge >= 0.3 is 0 Å². The molecule has 0 amide bonds. The van der Waals surface area contributed by atoms with E-state index in [1.807, 2.05) is 113 Å². The van der Waals surface area contributed by atoms with Gasteiger partial charge in [0.15, 0.2) is 0 Å². The molecular formula is C68H82O14. The van der Waals surface area contributed by atoms with Gasteiger partial charge in [-0.2, -0.15) is 0 Å². The molecule has 82 heavy (non-hydrogen) atoms. The summed E-state index contributed by atoms with van der Waals surface area (Å²) in [5.41, 5.74) is 6.08. The van der Waals surface area contributed by atoms with Crippen molar-refractivity contribution in [2.75, 3.05) is 46.2 Å². The highest BCUT2D eigenvalue weighted by Crippen LogP contribution is 2.36. The Morgan fingerprint density at radius 3 is 0.683 bits per heavy atom. The maximum absolute atomic E-state index is 5.92. The number of ether oxygens (including phenoxy) is 14. The number of hydrogen-bond donors (Lipinski definition) is 0. The van der Waals surface area contributed by atoms with E-state index in [1.54, 1.807) is 0 Å². The van der Waals surface area contributed by atoms with Gasteiger partial charge in [-0.25, -0.2) is 0 Å². The van der Waals surface area contributed by atoms with Gasteiger partial charge in [0.05, 0.1) is 42.7 Å². The first-order valence-electron chi connectivity index (χ1n) is 29.5. The van der Waals surface area contributed by atoms with Crippen molar-refractivity contribution in [2.45, 2.75) is 160 Å². The van der Waals surface area contributed by atoms with Crippen LogP contribution < -0.4 is 33.2 Å². The van der Waals surface area contributed by atoms with E-state index in [4.69, 9.17) is 66.3 Å². The standard InChI is InChI=1S/C31H34O6.C21H24O4.C14H18O4.C2H6/c1-19-28(35-19)16-32-25-10-4-22(5-11-25)31(23-6-12-26(13-7-23)33-17-29-20(2)36-29)24-8-14-27(15-9-24)34-18-30-21(3)37-30;1-14-20(24-14)12-22-18-7-3-16(4-8-18)11-17-5-9-19(10-6-17)23-13-21-15(2)25-21;1-9-13(17-9)7-15-11-4-3-5-12(6-11)16-8-14-10(2)18-14;1-2/h4-15,19-21,28-31H,16-18H2,1-3H3;3-10,14-15,20-21H,11-13H2,1-2H3;3-6,9-10,13-14H,7-8H2,1-2H3;1-2H3. The van der Waals surface area contributed by atoms with Crippen LogP contribution in [0.1, 0.15) is 96.0 Å². The van der Waals surface area contributed by atoms with Crippen LogP contribution in [0, 0.1) is 0 Å². The average molecular weight is 1120 g/mol. The van der Waals surface area contributed by atoms with Crippen LogP contribution in [0.2, 0.25) is 0 Å². The summed E-state index contributed by atoms with van der Waals surface area (Å²) in [5, 5.41) is 0. The zero-order chi connectivity index (χ0) is 57.1. The highest BCUT2D eigenvalue weighted by Gasteiger charge is 2.39. The van der Waals surface area contributed by atoms with Gasteiger partial charge < -0.3 is 66.3 Å². The molecule has 7 heterocycles. The monoisotopic (exact) mass is 1120 g/mol. The fraction of sp³-hybridized carbons (Fsp3) is 0.471. The minimum atomic E-state index is 0.0579. The minimum Gasteiger partial charge on any atom is -0.491 e. The van der Waals surface area contributed by atoms with Gasteiger partial charge in [-0.3, -0.25) is 0 Å². The number of hydrogen-bond acceptors (Lipinski definition) is 14. The van der Waals surface area contributed by atoms with E-state index in [-0.39, 0.29) is 48.6 Å². The summed E-state index contributed by atoms with van der Waals surface area (Å²) in [6.45, 7) is 22.6. The van der Waals surface area contributed by atoms with Crippen LogP contribution in [-0.4, -0.2) is 132 Å². The quantitative estimate of drug-likeness (QED) is 0.0374. The van der Waals surface area contributed by atoms with Crippen LogP contribution in [-0.2, 0) is 39.6 Å². The highest BCUT2D eigenvalue weighted by atomic mass is 16.6. The molecule has 13 rings (SSSR count). The largest absolute Gasteiger partial charge is 0.491 e. The van der Waals surface area contributed by atoms with E-state index in [2.05, 4.69) is 95.3 Å². The number of rotatable bonds is 26. The molecule has 14 unspecified atom stereocenters. The third-order valence-corrected chi connectivity index (χ3v) is 15.5. The second-order valence-corrected chi connectivity index (χ2v) is 21.9. The molecular weight excluding hydrogens is 1040 g/mol. The Kier molecular flexibility index (Phi) is 20.0. The summed E-state index contributed by atoms with van der Waals surface area (Å²) in [4.78, 5) is 0. The fourth-order valence-corrected chi connectivity index (χ4v) is 9.23. The Labute approximate surface area is 484 Å². The van der Waals surface area contributed by atoms with Gasteiger partial charge in [-0.1, -0.05) is 80.6 Å². The summed E-state index contributed by atoms with van der Waals surface area (Å²) < 4.78 is 78.2. The average Bonchev–Trinajstić information content (AvgIpc) is 4.33. The van der Waals surface area contributed by atoms with Gasteiger partial charge in [0.2, 0.25) is 0 Å². The molecule has 14 nitrogen and oxygen atoms in total. The Hall–Kier alpha value is -6.36. The van der Waals surface area contributed by atoms with Gasteiger partial charge in [0.1, 0.15) is 129 Å². The highest BCUT2D eigenvalue weighted by molar-refractivity contribution is 5.47. The van der Waals surface area contributed by atoms with Crippen molar-refractivity contribution in [1.82, 2.24) is 0 Å². The summed E-state index contributed by atoms with van der Waals surface area (Å²) in [5.74, 6) is 6.04. The second kappa shape index (κ2) is 27.8. The van der Waals surface area contributed by atoms with Crippen molar-refractivity contribution < 1.29 is 66.3 Å². The van der Waals surface area contributed by atoms with E-state index >= 15 is 0 Å². The SMILES string of the molecule is CC.CC1OC1COc1ccc(C(c2ccc(OCC3OC3C)cc2)c2ccc(OCC3OC3C)cc2)cc1.CC1OC1COc1ccc(Cc2ccc(OCC3OC3C)cc2)cc1.CC1OC1COc1cccc(OCC2OC2C)c1. The minimum absolute atomic E-state index is 0.0579. The van der Waals surface area contributed by atoms with E-state index in [0.29, 0.717) is 89.0 Å². The van der Waals surface area contributed by atoms with Crippen LogP contribution in [0.5, 0.6) is 40.2 Å². The Morgan fingerprint density at radius 2 is 0.476 bits per heavy atom. The van der Waals surface area contributed by atoms with Gasteiger partial charge in [-0.05, 0) is 156 Å². The molecule has 0 spiro atoms. The lowest BCUT2D eigenvalue weighted by Gasteiger charge is -2.20. The zero-order valence-electron chi connectivity index (χ0n) is 48.9. The molecule has 14 atom stereocenters. The van der Waals surface area contributed by atoms with Gasteiger partial charge in [0.25, 0.3) is 0 Å². The van der Waals surface area contributed by atoms with Crippen LogP contribution in [0.3, 0.4) is 0 Å². The predicted molar refractivity (Wildman–Crippen MR) is 313 cm³/mol. The lowest BCUT2D eigenvalue weighted by molar-refractivity contribution is 0.250. The lowest BCUT2D eigenvalue weighted by Crippen LogP contribution is -2.08. The van der Waals surface area contributed by atoms with Crippen molar-refractivity contribution in [3.05, 3.63) is 173 Å². The molecule has 6 aromatic carbocycles. The van der Waals surface area contributed by atoms with Crippen molar-refractivity contribution in [3.8, 4) is 40.2 Å². The maximum Gasteiger partial charge on any atom is 0.123 e. The number of benzene rings is 6. The van der Waals surface area contributed by atoms with E-state index in [1.165, 1.54) is 27.8 Å². The predicted octanol–water partition coefficient (Wildman–Crippen LogP) is 12.0. The molecule has 14 heteroatoms. The first-order valence-corrected chi connectivity index (χ1v) is 29.5. The summed E-state index contributed by atoms with van der Waals surface area (Å²) in [6.07, 6.45) is 4.75. The molecule has 6 aromatic rings. The molecule has 438 valence electrons. The third kappa shape index (κ3) is 18.1. The summed E-state index contributed by atoms with van der Waals surface area (Å²) in [7, 11) is 0. The lowest BCUT2D eigenvalue weighted by atomic mass is 9.85. The van der Waals surface area contributed by atoms with Crippen LogP contribution in [0.15, 0.2) is 146 Å². The van der Waals surface area contributed by atoms with Gasteiger partial charge in [0, 0.05) is 12.0 Å². The van der Waals surface area contributed by atoms with Crippen molar-refractivity contribution >= 4 is 0 Å². The summed E-state index contributed by atoms with van der Waals surface area (Å²) >= 11 is 0. The Balaban J connectivity index is 0.000000145. The molecule has 7 saturated heterocycles. The van der Waals surface area contributed by atoms with Crippen LogP contribution >= 0.6 is 0 Å². The maximum atomic E-state index is 5.92. The van der Waals surface area contributed by atoms with Crippen molar-refractivity contribution in [3.63, 3.8) is 0 Å². The Morgan fingerprint density at radius 1 is 0.280 bits per heavy atom. The molecule has 7 aliphatic rings. The first-order chi connectivity index (χ1) is 39.9. The molecule has 7 fully saturated rings. The smallest absolute Gasteiger partial charge is 0.123 e. The van der Waals surface area contributed by atoms with E-state index in [9.17, 15) is 0 Å². The van der Waals surface area contributed by atoms with Crippen molar-refractivity contribution in [2.24, 2.45) is 0 Å². The number of epoxide rings is 7. The molecule has 0 N–H and O–H groups in total. The normalized spacial score (nSPS) is 28.3. The third-order valence-electron chi connectivity index (χ3n) is 15.5. The van der Waals surface area contributed by atoms with Gasteiger partial charge in [-0.15, -0.1) is 0 Å². The van der Waals surface area contributed by atoms with Crippen LogP contribution in [0.4, 0.5) is 0 Å². The summed E-state index contributed by atoms with van der Waals surface area (Å²) in [6, 6.07) is 49.3. The van der Waals surface area contributed by atoms with Crippen LogP contribution in [0.25, 0.3) is 0 Å². The topological polar surface area (TPSA) is 152 Å². The molecule has 0 radical (unpaired) electrons. The van der Waals surface area contributed by atoms with E-state index in [0.717, 1.165) is 46.7 Å². The van der Waals surface area contributed by atoms with E-state index < -0.39 is 0 Å². The fourth-order valence-electron chi connectivity index (χ4n) is 9.23. The molecule has 0 aliphatic carbocycles. The van der Waals surface area contributed by atoms with Crippen molar-refractivity contribution in [1.29, 1.82) is 0 Å². The second-order valence-electron chi connectivity index (χ2n) is 21.9. The molecule has 0 aromatic heterocycles. The zero-order valence-corrected chi connectivity index (χ0v) is 48.9. The Bertz CT molecular complexity index is 2640. The molecule has 0 bridgehead atoms. The molecule has 0 saturated carbocycles. The first kappa shape index (κ1) is 58.8.